The lowest BCUT2D eigenvalue weighted by molar-refractivity contribution is 0.408. The van der Waals surface area contributed by atoms with E-state index in [0.717, 1.165) is 53.6 Å². The highest BCUT2D eigenvalue weighted by molar-refractivity contribution is 5.73. The molecular formula is C20H22N10O. The van der Waals surface area contributed by atoms with Crippen molar-refractivity contribution in [2.75, 3.05) is 7.11 Å². The third-order valence-electron chi connectivity index (χ3n) is 5.11. The quantitative estimate of drug-likeness (QED) is 0.173. The summed E-state index contributed by atoms with van der Waals surface area (Å²) in [5.41, 5.74) is 12.6. The van der Waals surface area contributed by atoms with Crippen LogP contribution in [0.5, 0.6) is 5.75 Å². The van der Waals surface area contributed by atoms with E-state index in [1.165, 1.54) is 0 Å². The third-order valence-corrected chi connectivity index (χ3v) is 5.11. The van der Waals surface area contributed by atoms with Gasteiger partial charge in [0, 0.05) is 29.1 Å². The van der Waals surface area contributed by atoms with Crippen LogP contribution in [0.25, 0.3) is 32.9 Å². The van der Waals surface area contributed by atoms with Crippen LogP contribution >= 0.6 is 0 Å². The van der Waals surface area contributed by atoms with Gasteiger partial charge in [0.1, 0.15) is 11.6 Å². The van der Waals surface area contributed by atoms with Crippen LogP contribution in [0.2, 0.25) is 0 Å². The van der Waals surface area contributed by atoms with Crippen molar-refractivity contribution in [2.45, 2.75) is 38.1 Å². The minimum atomic E-state index is -0.177. The van der Waals surface area contributed by atoms with Gasteiger partial charge in [-0.3, -0.25) is 0 Å². The van der Waals surface area contributed by atoms with Gasteiger partial charge in [-0.15, -0.1) is 10.2 Å². The Hall–Kier alpha value is -3.98. The number of methoxy groups -OCH3 is 1. The van der Waals surface area contributed by atoms with Crippen LogP contribution in [0.1, 0.15) is 30.7 Å². The summed E-state index contributed by atoms with van der Waals surface area (Å²) < 4.78 is 5.54. The van der Waals surface area contributed by atoms with E-state index < -0.39 is 0 Å². The molecule has 4 aromatic rings. The van der Waals surface area contributed by atoms with Crippen molar-refractivity contribution in [2.24, 2.45) is 5.11 Å². The maximum Gasteiger partial charge on any atom is 0.204 e. The summed E-state index contributed by atoms with van der Waals surface area (Å²) in [7, 11) is 1.65. The van der Waals surface area contributed by atoms with Gasteiger partial charge in [0.25, 0.3) is 0 Å². The average Bonchev–Trinajstić information content (AvgIpc) is 3.48. The first kappa shape index (κ1) is 20.3. The Balaban J connectivity index is 1.33. The summed E-state index contributed by atoms with van der Waals surface area (Å²) in [6.45, 7) is 0. The van der Waals surface area contributed by atoms with E-state index in [1.807, 2.05) is 30.5 Å². The second kappa shape index (κ2) is 9.68. The van der Waals surface area contributed by atoms with Crippen molar-refractivity contribution in [3.63, 3.8) is 0 Å². The lowest BCUT2D eigenvalue weighted by Crippen LogP contribution is -2.10. The van der Waals surface area contributed by atoms with Gasteiger partial charge >= 0.3 is 0 Å². The molecule has 0 saturated heterocycles. The molecule has 31 heavy (non-hydrogen) atoms. The Kier molecular flexibility index (Phi) is 6.34. The van der Waals surface area contributed by atoms with Crippen LogP contribution in [-0.4, -0.2) is 48.7 Å². The first-order chi connectivity index (χ1) is 15.3. The van der Waals surface area contributed by atoms with Gasteiger partial charge in [-0.25, -0.2) is 9.97 Å². The van der Waals surface area contributed by atoms with E-state index in [4.69, 9.17) is 10.3 Å². The fourth-order valence-corrected chi connectivity index (χ4v) is 3.53. The maximum atomic E-state index is 8.94. The number of H-pyrrole nitrogens is 2. The Labute approximate surface area is 177 Å². The van der Waals surface area contributed by atoms with E-state index in [-0.39, 0.29) is 6.04 Å². The number of nitrogens with zero attached hydrogens (tertiary/aromatic N) is 8. The molecule has 0 radical (unpaired) electrons. The van der Waals surface area contributed by atoms with Gasteiger partial charge in [-0.1, -0.05) is 23.7 Å². The number of hydrogen-bond donors (Lipinski definition) is 2. The van der Waals surface area contributed by atoms with Gasteiger partial charge in [-0.05, 0) is 47.7 Å². The molecule has 3 heterocycles. The molecule has 11 heteroatoms. The largest absolute Gasteiger partial charge is 0.496 e. The summed E-state index contributed by atoms with van der Waals surface area (Å²) in [5, 5.41) is 18.0. The number of aryl methyl sites for hydroxylation is 1. The number of tetrazole rings is 1. The van der Waals surface area contributed by atoms with E-state index in [2.05, 4.69) is 45.6 Å². The Bertz CT molecular complexity index is 1180. The highest BCUT2D eigenvalue weighted by Crippen LogP contribution is 2.26. The summed E-state index contributed by atoms with van der Waals surface area (Å²) in [6.07, 6.45) is 7.57. The van der Waals surface area contributed by atoms with Crippen molar-refractivity contribution >= 4 is 11.0 Å². The second-order valence-electron chi connectivity index (χ2n) is 7.13. The molecule has 158 valence electrons. The molecule has 1 atom stereocenters. The molecule has 3 aromatic heterocycles. The molecule has 2 N–H and O–H groups in total. The smallest absolute Gasteiger partial charge is 0.204 e. The van der Waals surface area contributed by atoms with Crippen molar-refractivity contribution < 1.29 is 4.74 Å². The Morgan fingerprint density at radius 3 is 3.00 bits per heavy atom. The molecule has 11 nitrogen and oxygen atoms in total. The number of benzene rings is 1. The summed E-state index contributed by atoms with van der Waals surface area (Å²) in [6, 6.07) is 7.62. The molecule has 0 spiro atoms. The molecule has 4 rings (SSSR count). The van der Waals surface area contributed by atoms with Gasteiger partial charge in [0.15, 0.2) is 0 Å². The zero-order valence-corrected chi connectivity index (χ0v) is 17.1. The van der Waals surface area contributed by atoms with Crippen molar-refractivity contribution in [1.82, 2.24) is 35.6 Å². The minimum Gasteiger partial charge on any atom is -0.496 e. The number of hydrogen-bond acceptors (Lipinski definition) is 7. The first-order valence-corrected chi connectivity index (χ1v) is 10.0. The summed E-state index contributed by atoms with van der Waals surface area (Å²) in [4.78, 5) is 15.0. The molecular weight excluding hydrogens is 396 g/mol. The van der Waals surface area contributed by atoms with Crippen LogP contribution in [0.4, 0.5) is 0 Å². The second-order valence-corrected chi connectivity index (χ2v) is 7.13. The van der Waals surface area contributed by atoms with E-state index >= 15 is 0 Å². The summed E-state index contributed by atoms with van der Waals surface area (Å²) in [5.74, 6) is 2.01. The van der Waals surface area contributed by atoms with Crippen molar-refractivity contribution in [3.05, 3.63) is 58.5 Å². The number of aromatic nitrogens is 7. The molecule has 0 fully saturated rings. The summed E-state index contributed by atoms with van der Waals surface area (Å²) >= 11 is 0. The lowest BCUT2D eigenvalue weighted by Gasteiger charge is -2.12. The normalized spacial score (nSPS) is 11.9. The van der Waals surface area contributed by atoms with Crippen molar-refractivity contribution in [1.29, 1.82) is 0 Å². The monoisotopic (exact) mass is 418 g/mol. The standard InChI is InChI=1S/C20H22N10O/c1-31-18-10-14(20-26-29-30-27-20)7-6-13(18)4-2-3-5-15(25-28-21)11-19-23-12-17-16(24-19)8-9-22-17/h6-10,12,15,22H,2-5,11H2,1H3,(H,26,27,29,30). The molecule has 1 unspecified atom stereocenters. The van der Waals surface area contributed by atoms with Gasteiger partial charge in [0.05, 0.1) is 24.3 Å². The highest BCUT2D eigenvalue weighted by Gasteiger charge is 2.12. The number of aromatic amines is 2. The Morgan fingerprint density at radius 1 is 1.26 bits per heavy atom. The van der Waals surface area contributed by atoms with Crippen molar-refractivity contribution in [3.8, 4) is 17.1 Å². The molecule has 0 saturated carbocycles. The minimum absolute atomic E-state index is 0.177. The van der Waals surface area contributed by atoms with Crippen LogP contribution < -0.4 is 4.74 Å². The van der Waals surface area contributed by atoms with Crippen LogP contribution in [-0.2, 0) is 12.8 Å². The van der Waals surface area contributed by atoms with E-state index in [1.54, 1.807) is 13.3 Å². The van der Waals surface area contributed by atoms with E-state index in [0.29, 0.717) is 18.1 Å². The average molecular weight is 418 g/mol. The fraction of sp³-hybridized carbons (Fsp3) is 0.350. The molecule has 0 aliphatic carbocycles. The third kappa shape index (κ3) is 4.96. The fourth-order valence-electron chi connectivity index (χ4n) is 3.53. The SMILES string of the molecule is COc1cc(-c2nn[nH]n2)ccc1CCCCC(Cc1ncc2[nH]ccc2n1)N=[N+]=[N-]. The Morgan fingerprint density at radius 2 is 2.19 bits per heavy atom. The molecule has 0 bridgehead atoms. The topological polar surface area (TPSA) is 154 Å². The number of nitrogens with one attached hydrogen (secondary N) is 2. The van der Waals surface area contributed by atoms with Gasteiger partial charge < -0.3 is 9.72 Å². The van der Waals surface area contributed by atoms with Gasteiger partial charge in [0.2, 0.25) is 5.82 Å². The van der Waals surface area contributed by atoms with Crippen LogP contribution in [0, 0.1) is 0 Å². The van der Waals surface area contributed by atoms with Crippen LogP contribution in [0.3, 0.4) is 0 Å². The lowest BCUT2D eigenvalue weighted by atomic mass is 10.0. The number of rotatable bonds is 10. The zero-order valence-electron chi connectivity index (χ0n) is 17.1. The molecule has 0 aliphatic heterocycles. The maximum absolute atomic E-state index is 8.94. The zero-order chi connectivity index (χ0) is 21.5. The molecule has 0 amide bonds. The predicted molar refractivity (Wildman–Crippen MR) is 114 cm³/mol. The predicted octanol–water partition coefficient (Wildman–Crippen LogP) is 3.78. The number of azide groups is 1. The number of unbranched alkanes of at least 4 members (excludes halogenated alkanes) is 1. The van der Waals surface area contributed by atoms with E-state index in [9.17, 15) is 0 Å². The molecule has 1 aromatic carbocycles. The highest BCUT2D eigenvalue weighted by atomic mass is 16.5. The first-order valence-electron chi connectivity index (χ1n) is 10.0. The molecule has 0 aliphatic rings. The number of ether oxygens (including phenoxy) is 1. The van der Waals surface area contributed by atoms with Crippen LogP contribution in [0.15, 0.2) is 41.8 Å². The van der Waals surface area contributed by atoms with Gasteiger partial charge in [-0.2, -0.15) is 5.21 Å². The number of fused-ring (bicyclic) bond motifs is 1.